The number of benzene rings is 3. The van der Waals surface area contributed by atoms with E-state index < -0.39 is 63.9 Å². The highest BCUT2D eigenvalue weighted by molar-refractivity contribution is 6.06. The van der Waals surface area contributed by atoms with Crippen LogP contribution < -0.4 is 14.2 Å². The molecule has 0 aliphatic heterocycles. The van der Waals surface area contributed by atoms with Gasteiger partial charge in [0, 0.05) is 6.08 Å². The van der Waals surface area contributed by atoms with E-state index in [-0.39, 0.29) is 39.3 Å². The van der Waals surface area contributed by atoms with E-state index in [9.17, 15) is 39.3 Å². The Morgan fingerprint density at radius 3 is 1.71 bits per heavy atom. The van der Waals surface area contributed by atoms with Crippen molar-refractivity contribution in [2.24, 2.45) is 0 Å². The number of esters is 3. The Morgan fingerprint density at radius 2 is 1.17 bits per heavy atom. The predicted molar refractivity (Wildman–Crippen MR) is 185 cm³/mol. The zero-order valence-corrected chi connectivity index (χ0v) is 30.6. The fraction of sp³-hybridized carbons (Fsp3) is 0.308. The van der Waals surface area contributed by atoms with Gasteiger partial charge in [-0.15, -0.1) is 0 Å². The van der Waals surface area contributed by atoms with Gasteiger partial charge in [-0.25, -0.2) is 19.2 Å². The Morgan fingerprint density at radius 1 is 0.673 bits per heavy atom. The maximum absolute atomic E-state index is 15.7. The average molecular weight is 719 g/mol. The Kier molecular flexibility index (Phi) is 10.5. The minimum Gasteiger partial charge on any atom is -0.504 e. The largest absolute Gasteiger partial charge is 0.504 e. The maximum Gasteiger partial charge on any atom is 0.356 e. The molecule has 0 heterocycles. The summed E-state index contributed by atoms with van der Waals surface area (Å²) in [6.07, 6.45) is 1.87. The van der Waals surface area contributed by atoms with Gasteiger partial charge in [0.25, 0.3) is 0 Å². The number of rotatable bonds is 8. The van der Waals surface area contributed by atoms with Crippen LogP contribution in [0.2, 0.25) is 0 Å². The van der Waals surface area contributed by atoms with Crippen LogP contribution in [-0.4, -0.2) is 57.7 Å². The molecule has 3 N–H and O–H groups in total. The number of hydrogen-bond acceptors (Lipinski definition) is 11. The first-order valence-electron chi connectivity index (χ1n) is 15.9. The Balaban J connectivity index is 1.66. The van der Waals surface area contributed by atoms with E-state index in [0.29, 0.717) is 38.9 Å². The summed E-state index contributed by atoms with van der Waals surface area (Å²) in [5.74, 6) is -8.61. The number of ketones is 1. The molecule has 4 rings (SSSR count). The van der Waals surface area contributed by atoms with Crippen LogP contribution in [0.5, 0.6) is 23.0 Å². The number of hydrogen-bond donors (Lipinski definition) is 3. The third kappa shape index (κ3) is 6.32. The molecular formula is C39H39FO12. The molecule has 12 nitrogen and oxygen atoms in total. The molecule has 3 aromatic carbocycles. The molecule has 52 heavy (non-hydrogen) atoms. The molecule has 1 atom stereocenters. The third-order valence-corrected chi connectivity index (χ3v) is 9.82. The summed E-state index contributed by atoms with van der Waals surface area (Å²) in [4.78, 5) is 64.0. The topological polar surface area (TPSA) is 183 Å². The molecule has 0 saturated heterocycles. The summed E-state index contributed by atoms with van der Waals surface area (Å²) in [6.45, 7) is 15.4. The highest BCUT2D eigenvalue weighted by atomic mass is 19.1. The van der Waals surface area contributed by atoms with Crippen molar-refractivity contribution in [3.8, 4) is 23.0 Å². The summed E-state index contributed by atoms with van der Waals surface area (Å²) >= 11 is 0. The fourth-order valence-electron chi connectivity index (χ4n) is 6.22. The predicted octanol–water partition coefficient (Wildman–Crippen LogP) is 6.14. The van der Waals surface area contributed by atoms with Gasteiger partial charge in [-0.05, 0) is 137 Å². The molecule has 274 valence electrons. The quantitative estimate of drug-likeness (QED) is 0.179. The van der Waals surface area contributed by atoms with Crippen molar-refractivity contribution >= 4 is 29.7 Å². The summed E-state index contributed by atoms with van der Waals surface area (Å²) in [6, 6.07) is 1.42. The number of ether oxygens (including phenoxy) is 4. The lowest BCUT2D eigenvalue weighted by atomic mass is 9.87. The second-order valence-corrected chi connectivity index (χ2v) is 12.8. The van der Waals surface area contributed by atoms with E-state index in [4.69, 9.17) is 18.9 Å². The average Bonchev–Trinajstić information content (AvgIpc) is 3.07. The van der Waals surface area contributed by atoms with Gasteiger partial charge in [0.1, 0.15) is 22.8 Å². The molecule has 0 fully saturated rings. The van der Waals surface area contributed by atoms with E-state index in [0.717, 1.165) is 19.3 Å². The molecule has 1 aliphatic rings. The number of allylic oxidation sites excluding steroid dienone is 2. The summed E-state index contributed by atoms with van der Waals surface area (Å²) in [5, 5.41) is 31.7. The summed E-state index contributed by atoms with van der Waals surface area (Å²) < 4.78 is 37.4. The van der Waals surface area contributed by atoms with Crippen molar-refractivity contribution in [3.05, 3.63) is 102 Å². The van der Waals surface area contributed by atoms with Gasteiger partial charge in [0.2, 0.25) is 11.4 Å². The number of phenolic OH excluding ortho intramolecular Hbond substituents is 1. The number of aliphatic hydroxyl groups is 1. The zero-order chi connectivity index (χ0) is 39.3. The molecule has 1 aliphatic carbocycles. The number of aryl methyl sites for hydroxylation is 1. The van der Waals surface area contributed by atoms with Crippen molar-refractivity contribution in [2.45, 2.75) is 74.8 Å². The number of aromatic carboxylic acids is 1. The van der Waals surface area contributed by atoms with E-state index >= 15 is 4.39 Å². The first-order valence-corrected chi connectivity index (χ1v) is 15.9. The van der Waals surface area contributed by atoms with Gasteiger partial charge in [0.15, 0.2) is 17.3 Å². The molecule has 0 aromatic heterocycles. The number of carboxylic acid groups (broad SMARTS) is 1. The van der Waals surface area contributed by atoms with E-state index in [1.54, 1.807) is 48.5 Å². The molecule has 3 aromatic rings. The molecule has 0 saturated carbocycles. The number of carbonyl (C=O) groups is 5. The minimum absolute atomic E-state index is 0.00369. The Bertz CT molecular complexity index is 2130. The monoisotopic (exact) mass is 718 g/mol. The highest BCUT2D eigenvalue weighted by Crippen LogP contribution is 2.40. The second-order valence-electron chi connectivity index (χ2n) is 12.8. The van der Waals surface area contributed by atoms with Gasteiger partial charge in [0.05, 0.1) is 18.2 Å². The Labute approximate surface area is 299 Å². The van der Waals surface area contributed by atoms with Crippen LogP contribution in [0.25, 0.3) is 0 Å². The molecule has 0 amide bonds. The lowest BCUT2D eigenvalue weighted by Crippen LogP contribution is -2.47. The van der Waals surface area contributed by atoms with Crippen molar-refractivity contribution < 1.29 is 62.6 Å². The SMILES string of the molecule is COC1=CC(=O)C=C(C)C1(O)C(=O)Oc1c(C)c(C)c(C(=O)Oc2cc(C)c(C(=O)Oc3c(C)c(C)c(C(=O)O)c(C)c3C)c(C)c2C)c(O)c1F. The van der Waals surface area contributed by atoms with Gasteiger partial charge in [-0.3, -0.25) is 4.79 Å². The van der Waals surface area contributed by atoms with Crippen molar-refractivity contribution in [3.63, 3.8) is 0 Å². The number of methoxy groups -OCH3 is 1. The highest BCUT2D eigenvalue weighted by Gasteiger charge is 2.48. The van der Waals surface area contributed by atoms with Crippen LogP contribution in [-0.2, 0) is 14.3 Å². The summed E-state index contributed by atoms with van der Waals surface area (Å²) in [7, 11) is 1.12. The van der Waals surface area contributed by atoms with Crippen LogP contribution in [0.4, 0.5) is 4.39 Å². The number of phenols is 1. The summed E-state index contributed by atoms with van der Waals surface area (Å²) in [5.41, 5.74) is -0.0122. The molecule has 0 radical (unpaired) electrons. The number of aromatic hydroxyl groups is 1. The lowest BCUT2D eigenvalue weighted by Gasteiger charge is -2.30. The normalized spacial score (nSPS) is 15.4. The number of carboxylic acids is 1. The van der Waals surface area contributed by atoms with Gasteiger partial charge in [-0.1, -0.05) is 0 Å². The van der Waals surface area contributed by atoms with Gasteiger partial charge < -0.3 is 34.3 Å². The first kappa shape index (κ1) is 39.0. The van der Waals surface area contributed by atoms with Crippen molar-refractivity contribution in [2.75, 3.05) is 7.11 Å². The van der Waals surface area contributed by atoms with E-state index in [1.165, 1.54) is 26.8 Å². The molecule has 1 unspecified atom stereocenters. The number of halogens is 1. The van der Waals surface area contributed by atoms with Gasteiger partial charge in [-0.2, -0.15) is 4.39 Å². The van der Waals surface area contributed by atoms with Crippen LogP contribution in [0, 0.1) is 68.1 Å². The smallest absolute Gasteiger partial charge is 0.356 e. The van der Waals surface area contributed by atoms with Crippen molar-refractivity contribution in [1.82, 2.24) is 0 Å². The molecule has 13 heteroatoms. The maximum atomic E-state index is 15.7. The van der Waals surface area contributed by atoms with Crippen molar-refractivity contribution in [1.29, 1.82) is 0 Å². The lowest BCUT2D eigenvalue weighted by molar-refractivity contribution is -0.151. The van der Waals surface area contributed by atoms with Crippen LogP contribution in [0.15, 0.2) is 29.6 Å². The third-order valence-electron chi connectivity index (χ3n) is 9.82. The van der Waals surface area contributed by atoms with Crippen LogP contribution >= 0.6 is 0 Å². The van der Waals surface area contributed by atoms with Gasteiger partial charge >= 0.3 is 23.9 Å². The first-order chi connectivity index (χ1) is 24.1. The standard InChI is InChI=1S/C39H39FO12/c1-15-12-26(17(3)18(4)28(15)36(45)51-33-22(8)19(5)29(35(43)44)20(6)23(33)9)50-37(46)30-21(7)24(10)34(31(40)32(30)42)52-38(47)39(48)16(2)13-25(41)14-27(39)49-11/h12-14,42,48H,1-11H3,(H,43,44). The molecule has 0 spiro atoms. The minimum atomic E-state index is -2.57. The number of carbonyl (C=O) groups excluding carboxylic acids is 4. The molecular weight excluding hydrogens is 679 g/mol. The Hall–Kier alpha value is -5.82. The second kappa shape index (κ2) is 14.1. The van der Waals surface area contributed by atoms with Crippen LogP contribution in [0.1, 0.15) is 88.1 Å². The molecule has 0 bridgehead atoms. The van der Waals surface area contributed by atoms with E-state index in [1.807, 2.05) is 0 Å². The van der Waals surface area contributed by atoms with E-state index in [2.05, 4.69) is 0 Å². The fourth-order valence-corrected chi connectivity index (χ4v) is 6.22. The zero-order valence-electron chi connectivity index (χ0n) is 30.6. The van der Waals surface area contributed by atoms with Crippen LogP contribution in [0.3, 0.4) is 0 Å².